The number of hydrogen-bond acceptors (Lipinski definition) is 4. The van der Waals surface area contributed by atoms with Gasteiger partial charge in [-0.1, -0.05) is 18.2 Å². The third-order valence-corrected chi connectivity index (χ3v) is 3.12. The number of phenolic OH excluding ortho intramolecular Hbond substituents is 1. The minimum absolute atomic E-state index is 0.0238. The van der Waals surface area contributed by atoms with Crippen LogP contribution in [0.2, 0.25) is 0 Å². The van der Waals surface area contributed by atoms with Crippen LogP contribution in [0.4, 0.5) is 0 Å². The Morgan fingerprint density at radius 2 is 2.13 bits per heavy atom. The van der Waals surface area contributed by atoms with E-state index < -0.39 is 12.0 Å². The molecule has 0 aliphatic carbocycles. The van der Waals surface area contributed by atoms with Gasteiger partial charge in [0, 0.05) is 18.3 Å². The second-order valence-electron chi connectivity index (χ2n) is 4.93. The molecule has 6 N–H and O–H groups in total. The number of aliphatic carboxylic acids is 1. The number of rotatable bonds is 9. The van der Waals surface area contributed by atoms with Crippen LogP contribution in [0.5, 0.6) is 5.75 Å². The van der Waals surface area contributed by atoms with Gasteiger partial charge in [0.15, 0.2) is 5.96 Å². The van der Waals surface area contributed by atoms with Gasteiger partial charge in [-0.05, 0) is 30.9 Å². The molecule has 0 aliphatic rings. The Kier molecular flexibility index (Phi) is 7.32. The average Bonchev–Trinajstić information content (AvgIpc) is 2.49. The molecule has 1 aromatic carbocycles. The van der Waals surface area contributed by atoms with E-state index in [4.69, 9.17) is 11.5 Å². The van der Waals surface area contributed by atoms with E-state index in [0.29, 0.717) is 36.9 Å². The smallest absolute Gasteiger partial charge is 0.328 e. The van der Waals surface area contributed by atoms with E-state index in [0.717, 1.165) is 0 Å². The zero-order valence-corrected chi connectivity index (χ0v) is 12.9. The molecule has 0 bridgehead atoms. The molecular formula is C16H22N4O3. The standard InChI is InChI=1S/C16H22N4O3/c1-2-5-11-6-3-7-12(14(11)21)10-20-13(15(22)23)8-4-9-19-16(17)18/h2-3,6-7,10,13,21H,1,4-5,8-9H2,(H,22,23)(H4,17,18,19). The van der Waals surface area contributed by atoms with E-state index in [1.807, 2.05) is 0 Å². The van der Waals surface area contributed by atoms with Crippen LogP contribution in [0, 0.1) is 0 Å². The second kappa shape index (κ2) is 9.24. The second-order valence-corrected chi connectivity index (χ2v) is 4.93. The molecule has 0 spiro atoms. The molecule has 23 heavy (non-hydrogen) atoms. The van der Waals surface area contributed by atoms with E-state index >= 15 is 0 Å². The maximum absolute atomic E-state index is 11.2. The fraction of sp³-hybridized carbons (Fsp3) is 0.312. The Morgan fingerprint density at radius 1 is 1.39 bits per heavy atom. The summed E-state index contributed by atoms with van der Waals surface area (Å²) in [7, 11) is 0. The summed E-state index contributed by atoms with van der Waals surface area (Å²) in [6.07, 6.45) is 4.37. The predicted molar refractivity (Wildman–Crippen MR) is 90.9 cm³/mol. The number of aromatic hydroxyl groups is 1. The Hall–Kier alpha value is -2.83. The average molecular weight is 318 g/mol. The minimum Gasteiger partial charge on any atom is -0.507 e. The summed E-state index contributed by atoms with van der Waals surface area (Å²) in [6, 6.07) is 4.31. The van der Waals surface area contributed by atoms with Gasteiger partial charge in [-0.25, -0.2) is 4.79 Å². The molecule has 124 valence electrons. The molecule has 0 amide bonds. The Balaban J connectivity index is 2.78. The minimum atomic E-state index is -1.03. The number of nitrogens with two attached hydrogens (primary N) is 2. The summed E-state index contributed by atoms with van der Waals surface area (Å²) in [4.78, 5) is 19.1. The summed E-state index contributed by atoms with van der Waals surface area (Å²) < 4.78 is 0. The monoisotopic (exact) mass is 318 g/mol. The molecule has 0 aliphatic heterocycles. The van der Waals surface area contributed by atoms with E-state index in [1.165, 1.54) is 6.21 Å². The first kappa shape index (κ1) is 18.2. The third-order valence-electron chi connectivity index (χ3n) is 3.12. The van der Waals surface area contributed by atoms with Gasteiger partial charge < -0.3 is 21.7 Å². The molecule has 7 nitrogen and oxygen atoms in total. The Morgan fingerprint density at radius 3 is 2.74 bits per heavy atom. The van der Waals surface area contributed by atoms with Crippen molar-refractivity contribution in [3.8, 4) is 5.75 Å². The van der Waals surface area contributed by atoms with Crippen molar-refractivity contribution < 1.29 is 15.0 Å². The van der Waals surface area contributed by atoms with Gasteiger partial charge in [-0.15, -0.1) is 6.58 Å². The summed E-state index contributed by atoms with van der Waals surface area (Å²) >= 11 is 0. The maximum Gasteiger partial charge on any atom is 0.328 e. The number of aliphatic imine (C=N–C) groups is 2. The fourth-order valence-electron chi connectivity index (χ4n) is 1.96. The molecule has 1 unspecified atom stereocenters. The van der Waals surface area contributed by atoms with Gasteiger partial charge in [-0.3, -0.25) is 9.98 Å². The number of carbonyl (C=O) groups is 1. The number of phenols is 1. The van der Waals surface area contributed by atoms with Crippen LogP contribution in [0.15, 0.2) is 40.8 Å². The lowest BCUT2D eigenvalue weighted by Gasteiger charge is -2.08. The first-order valence-corrected chi connectivity index (χ1v) is 7.18. The number of para-hydroxylation sites is 1. The van der Waals surface area contributed by atoms with E-state index in [1.54, 1.807) is 24.3 Å². The first-order valence-electron chi connectivity index (χ1n) is 7.18. The summed E-state index contributed by atoms with van der Waals surface area (Å²) in [5, 5.41) is 19.3. The van der Waals surface area contributed by atoms with Crippen molar-refractivity contribution in [2.45, 2.75) is 25.3 Å². The molecule has 1 aromatic rings. The van der Waals surface area contributed by atoms with Crippen molar-refractivity contribution in [2.24, 2.45) is 21.5 Å². The number of allylic oxidation sites excluding steroid dienone is 1. The lowest BCUT2D eigenvalue weighted by molar-refractivity contribution is -0.138. The molecule has 1 atom stereocenters. The van der Waals surface area contributed by atoms with Crippen molar-refractivity contribution >= 4 is 18.1 Å². The van der Waals surface area contributed by atoms with Crippen LogP contribution in [0.1, 0.15) is 24.0 Å². The topological polar surface area (TPSA) is 134 Å². The van der Waals surface area contributed by atoms with Crippen LogP contribution in [-0.4, -0.2) is 40.9 Å². The van der Waals surface area contributed by atoms with Crippen molar-refractivity contribution in [1.29, 1.82) is 0 Å². The van der Waals surface area contributed by atoms with Crippen LogP contribution in [0.3, 0.4) is 0 Å². The van der Waals surface area contributed by atoms with Gasteiger partial charge in [0.05, 0.1) is 0 Å². The van der Waals surface area contributed by atoms with Crippen LogP contribution in [-0.2, 0) is 11.2 Å². The highest BCUT2D eigenvalue weighted by Gasteiger charge is 2.15. The predicted octanol–water partition coefficient (Wildman–Crippen LogP) is 1.05. The summed E-state index contributed by atoms with van der Waals surface area (Å²) in [5.74, 6) is -0.974. The Bertz CT molecular complexity index is 607. The zero-order valence-electron chi connectivity index (χ0n) is 12.9. The van der Waals surface area contributed by atoms with Crippen molar-refractivity contribution in [3.63, 3.8) is 0 Å². The van der Waals surface area contributed by atoms with Crippen molar-refractivity contribution in [1.82, 2.24) is 0 Å². The highest BCUT2D eigenvalue weighted by atomic mass is 16.4. The number of benzene rings is 1. The van der Waals surface area contributed by atoms with Crippen LogP contribution in [0.25, 0.3) is 0 Å². The van der Waals surface area contributed by atoms with Crippen LogP contribution < -0.4 is 11.5 Å². The zero-order chi connectivity index (χ0) is 17.2. The Labute approximate surface area is 135 Å². The SMILES string of the molecule is C=CCc1cccc(C=NC(CCCN=C(N)N)C(=O)O)c1O. The van der Waals surface area contributed by atoms with Gasteiger partial charge in [0.1, 0.15) is 11.8 Å². The van der Waals surface area contributed by atoms with Gasteiger partial charge in [0.25, 0.3) is 0 Å². The molecule has 0 saturated heterocycles. The molecule has 0 aromatic heterocycles. The quantitative estimate of drug-likeness (QED) is 0.234. The molecule has 0 saturated carbocycles. The van der Waals surface area contributed by atoms with E-state index in [2.05, 4.69) is 16.6 Å². The summed E-state index contributed by atoms with van der Waals surface area (Å²) in [6.45, 7) is 3.98. The number of hydrogen-bond donors (Lipinski definition) is 4. The van der Waals surface area contributed by atoms with Gasteiger partial charge in [-0.2, -0.15) is 0 Å². The van der Waals surface area contributed by atoms with Gasteiger partial charge in [0.2, 0.25) is 0 Å². The van der Waals surface area contributed by atoms with E-state index in [9.17, 15) is 15.0 Å². The number of carboxylic acid groups (broad SMARTS) is 1. The molecule has 7 heteroatoms. The molecule has 0 fully saturated rings. The number of guanidine groups is 1. The first-order chi connectivity index (χ1) is 11.0. The summed E-state index contributed by atoms with van der Waals surface area (Å²) in [5.41, 5.74) is 11.6. The highest BCUT2D eigenvalue weighted by Crippen LogP contribution is 2.22. The molecular weight excluding hydrogens is 296 g/mol. The van der Waals surface area contributed by atoms with Crippen molar-refractivity contribution in [2.75, 3.05) is 6.54 Å². The normalized spacial score (nSPS) is 12.0. The molecule has 0 heterocycles. The molecule has 1 rings (SSSR count). The van der Waals surface area contributed by atoms with Gasteiger partial charge >= 0.3 is 5.97 Å². The number of carboxylic acids is 1. The molecule has 0 radical (unpaired) electrons. The lowest BCUT2D eigenvalue weighted by Crippen LogP contribution is -2.23. The van der Waals surface area contributed by atoms with Crippen molar-refractivity contribution in [3.05, 3.63) is 42.0 Å². The third kappa shape index (κ3) is 6.21. The number of nitrogens with zero attached hydrogens (tertiary/aromatic N) is 2. The van der Waals surface area contributed by atoms with E-state index in [-0.39, 0.29) is 11.7 Å². The fourth-order valence-corrected chi connectivity index (χ4v) is 1.96. The largest absolute Gasteiger partial charge is 0.507 e. The maximum atomic E-state index is 11.2. The van der Waals surface area contributed by atoms with Crippen LogP contribution >= 0.6 is 0 Å². The highest BCUT2D eigenvalue weighted by molar-refractivity contribution is 5.86. The lowest BCUT2D eigenvalue weighted by atomic mass is 10.1.